The average Bonchev–Trinajstić information content (AvgIpc) is 3.10. The van der Waals surface area contributed by atoms with Crippen LogP contribution in [0.15, 0.2) is 23.8 Å². The van der Waals surface area contributed by atoms with Crippen molar-refractivity contribution >= 4 is 12.0 Å². The van der Waals surface area contributed by atoms with Crippen molar-refractivity contribution in [2.75, 3.05) is 26.3 Å². The summed E-state index contributed by atoms with van der Waals surface area (Å²) in [6, 6.07) is 7.51. The van der Waals surface area contributed by atoms with Crippen LogP contribution in [0.4, 0.5) is 0 Å². The largest absolute Gasteiger partial charge is 0.379 e. The Balaban J connectivity index is 1.32. The summed E-state index contributed by atoms with van der Waals surface area (Å²) in [6.45, 7) is 6.00. The fourth-order valence-corrected chi connectivity index (χ4v) is 4.41. The lowest BCUT2D eigenvalue weighted by Gasteiger charge is -2.40. The van der Waals surface area contributed by atoms with Crippen molar-refractivity contribution in [2.45, 2.75) is 64.0 Å². The number of hydrogen-bond donors (Lipinski definition) is 1. The second-order valence-corrected chi connectivity index (χ2v) is 8.42. The molecule has 4 heteroatoms. The molecule has 1 unspecified atom stereocenters. The van der Waals surface area contributed by atoms with E-state index < -0.39 is 0 Å². The molecule has 2 aliphatic heterocycles. The molecule has 4 nitrogen and oxygen atoms in total. The molecule has 2 saturated heterocycles. The van der Waals surface area contributed by atoms with Gasteiger partial charge < -0.3 is 10.1 Å². The van der Waals surface area contributed by atoms with Crippen LogP contribution in [0.5, 0.6) is 0 Å². The summed E-state index contributed by atoms with van der Waals surface area (Å²) in [5, 5.41) is 3.07. The minimum absolute atomic E-state index is 0.0966. The topological polar surface area (TPSA) is 41.6 Å². The van der Waals surface area contributed by atoms with Crippen LogP contribution in [0.2, 0.25) is 0 Å². The van der Waals surface area contributed by atoms with Gasteiger partial charge in [-0.25, -0.2) is 0 Å². The van der Waals surface area contributed by atoms with E-state index in [4.69, 9.17) is 4.74 Å². The Bertz CT molecular complexity index is 692. The molecule has 3 aliphatic rings. The van der Waals surface area contributed by atoms with E-state index in [0.717, 1.165) is 24.6 Å². The normalized spacial score (nSPS) is 23.9. The highest BCUT2D eigenvalue weighted by molar-refractivity contribution is 5.79. The summed E-state index contributed by atoms with van der Waals surface area (Å²) in [6.07, 6.45) is 10.4. The molecular formula is C23H32N2O2. The number of likely N-dealkylation sites (tertiary alicyclic amines) is 1. The maximum atomic E-state index is 12.2. The summed E-state index contributed by atoms with van der Waals surface area (Å²) in [4.78, 5) is 14.9. The molecular weight excluding hydrogens is 336 g/mol. The quantitative estimate of drug-likeness (QED) is 0.865. The average molecular weight is 369 g/mol. The van der Waals surface area contributed by atoms with Gasteiger partial charge in [-0.15, -0.1) is 0 Å². The number of nitrogens with one attached hydrogen (secondary N) is 1. The van der Waals surface area contributed by atoms with Gasteiger partial charge in [0.15, 0.2) is 0 Å². The maximum Gasteiger partial charge on any atom is 0.224 e. The Kier molecular flexibility index (Phi) is 5.94. The molecule has 1 aliphatic carbocycles. The molecule has 1 N–H and O–H groups in total. The number of nitrogens with zero attached hydrogens (tertiary/aromatic N) is 1. The maximum absolute atomic E-state index is 12.2. The van der Waals surface area contributed by atoms with Gasteiger partial charge in [0.05, 0.1) is 19.1 Å². The van der Waals surface area contributed by atoms with Gasteiger partial charge in [-0.3, -0.25) is 9.69 Å². The van der Waals surface area contributed by atoms with Gasteiger partial charge >= 0.3 is 0 Å². The molecule has 4 rings (SSSR count). The van der Waals surface area contributed by atoms with Crippen molar-refractivity contribution in [2.24, 2.45) is 0 Å². The molecule has 1 aromatic rings. The van der Waals surface area contributed by atoms with Crippen molar-refractivity contribution in [3.05, 3.63) is 40.5 Å². The molecule has 0 radical (unpaired) electrons. The van der Waals surface area contributed by atoms with Crippen LogP contribution in [0.1, 0.15) is 55.2 Å². The molecule has 1 atom stereocenters. The zero-order valence-electron chi connectivity index (χ0n) is 16.5. The van der Waals surface area contributed by atoms with E-state index in [-0.39, 0.29) is 11.9 Å². The summed E-state index contributed by atoms with van der Waals surface area (Å²) in [7, 11) is 0. The molecule has 1 amide bonds. The first-order valence-corrected chi connectivity index (χ1v) is 10.6. The van der Waals surface area contributed by atoms with E-state index in [1.54, 1.807) is 5.57 Å². The molecule has 1 saturated carbocycles. The molecule has 3 fully saturated rings. The Hall–Kier alpha value is -1.65. The molecule has 2 heterocycles. The van der Waals surface area contributed by atoms with Crippen LogP contribution in [0.25, 0.3) is 6.08 Å². The third-order valence-corrected chi connectivity index (χ3v) is 6.38. The van der Waals surface area contributed by atoms with Crippen LogP contribution < -0.4 is 5.32 Å². The van der Waals surface area contributed by atoms with Gasteiger partial charge in [0.2, 0.25) is 5.91 Å². The Morgan fingerprint density at radius 1 is 1.26 bits per heavy atom. The Labute approximate surface area is 163 Å². The lowest BCUT2D eigenvalue weighted by atomic mass is 9.89. The lowest BCUT2D eigenvalue weighted by Crippen LogP contribution is -2.43. The minimum atomic E-state index is 0.0966. The van der Waals surface area contributed by atoms with Crippen molar-refractivity contribution in [3.63, 3.8) is 0 Å². The van der Waals surface area contributed by atoms with E-state index in [9.17, 15) is 4.79 Å². The number of hydrogen-bond acceptors (Lipinski definition) is 3. The Morgan fingerprint density at radius 2 is 2.07 bits per heavy atom. The number of carbonyl (C=O) groups is 1. The predicted octanol–water partition coefficient (Wildman–Crippen LogP) is 3.47. The number of ether oxygens (including phenoxy) is 1. The highest BCUT2D eigenvalue weighted by Gasteiger charge is 2.26. The number of rotatable bonds is 5. The first kappa shape index (κ1) is 18.7. The number of benzene rings is 1. The van der Waals surface area contributed by atoms with E-state index in [0.29, 0.717) is 13.0 Å². The first-order chi connectivity index (χ1) is 13.2. The monoisotopic (exact) mass is 368 g/mol. The summed E-state index contributed by atoms with van der Waals surface area (Å²) >= 11 is 0. The standard InChI is InChI=1S/C23H32N2O2/c1-17-13-19(15-23(26)24-21-9-12-27-16-21)5-6-20(17)14-18-7-10-25(11-8-18)22-3-2-4-22/h5-6,13-14,21-22H,2-4,7-12,15-16H2,1H3,(H,24,26). The molecule has 146 valence electrons. The smallest absolute Gasteiger partial charge is 0.224 e. The van der Waals surface area contributed by atoms with Gasteiger partial charge in [0, 0.05) is 25.7 Å². The third-order valence-electron chi connectivity index (χ3n) is 6.38. The fourth-order valence-electron chi connectivity index (χ4n) is 4.41. The zero-order valence-corrected chi connectivity index (χ0v) is 16.5. The summed E-state index contributed by atoms with van der Waals surface area (Å²) < 4.78 is 5.32. The molecule has 1 aromatic carbocycles. The van der Waals surface area contributed by atoms with E-state index in [2.05, 4.69) is 41.4 Å². The zero-order chi connectivity index (χ0) is 18.6. The minimum Gasteiger partial charge on any atom is -0.379 e. The Morgan fingerprint density at radius 3 is 2.70 bits per heavy atom. The van der Waals surface area contributed by atoms with Crippen LogP contribution in [0, 0.1) is 6.92 Å². The lowest BCUT2D eigenvalue weighted by molar-refractivity contribution is -0.121. The SMILES string of the molecule is Cc1cc(CC(=O)NC2CCOC2)ccc1C=C1CCN(C2CCC2)CC1. The van der Waals surface area contributed by atoms with Crippen LogP contribution >= 0.6 is 0 Å². The molecule has 0 aromatic heterocycles. The number of carbonyl (C=O) groups excluding carboxylic acids is 1. The highest BCUT2D eigenvalue weighted by Crippen LogP contribution is 2.29. The van der Waals surface area contributed by atoms with Gasteiger partial charge in [0.25, 0.3) is 0 Å². The second-order valence-electron chi connectivity index (χ2n) is 8.42. The predicted molar refractivity (Wildman–Crippen MR) is 109 cm³/mol. The molecule has 0 bridgehead atoms. The van der Waals surface area contributed by atoms with Crippen LogP contribution in [-0.4, -0.2) is 49.2 Å². The van der Waals surface area contributed by atoms with Gasteiger partial charge in [-0.2, -0.15) is 0 Å². The highest BCUT2D eigenvalue weighted by atomic mass is 16.5. The number of piperidine rings is 1. The summed E-state index contributed by atoms with van der Waals surface area (Å²) in [5.41, 5.74) is 5.22. The van der Waals surface area contributed by atoms with Crippen molar-refractivity contribution in [3.8, 4) is 0 Å². The van der Waals surface area contributed by atoms with Gasteiger partial charge in [-0.1, -0.05) is 36.3 Å². The molecule has 27 heavy (non-hydrogen) atoms. The second kappa shape index (κ2) is 8.57. The van der Waals surface area contributed by atoms with E-state index in [1.807, 2.05) is 0 Å². The van der Waals surface area contributed by atoms with Crippen molar-refractivity contribution in [1.82, 2.24) is 10.2 Å². The molecule has 0 spiro atoms. The third kappa shape index (κ3) is 4.80. The number of aryl methyl sites for hydroxylation is 1. The van der Waals surface area contributed by atoms with Crippen LogP contribution in [-0.2, 0) is 16.0 Å². The van der Waals surface area contributed by atoms with Gasteiger partial charge in [-0.05, 0) is 55.7 Å². The first-order valence-electron chi connectivity index (χ1n) is 10.6. The van der Waals surface area contributed by atoms with Crippen molar-refractivity contribution < 1.29 is 9.53 Å². The van der Waals surface area contributed by atoms with Crippen molar-refractivity contribution in [1.29, 1.82) is 0 Å². The summed E-state index contributed by atoms with van der Waals surface area (Å²) in [5.74, 6) is 0.0966. The van der Waals surface area contributed by atoms with E-state index in [1.165, 1.54) is 56.3 Å². The van der Waals surface area contributed by atoms with Gasteiger partial charge in [0.1, 0.15) is 0 Å². The van der Waals surface area contributed by atoms with E-state index >= 15 is 0 Å². The fraction of sp³-hybridized carbons (Fsp3) is 0.609. The number of amides is 1. The van der Waals surface area contributed by atoms with Crippen LogP contribution in [0.3, 0.4) is 0 Å².